The molecule has 0 saturated heterocycles. The number of carbonyl (C=O) groups is 2. The van der Waals surface area contributed by atoms with Crippen LogP contribution in [0.2, 0.25) is 0 Å². The van der Waals surface area contributed by atoms with Crippen LogP contribution in [0.5, 0.6) is 0 Å². The van der Waals surface area contributed by atoms with Crippen LogP contribution in [0.4, 0.5) is 5.69 Å². The number of hydrogen-bond acceptors (Lipinski definition) is 4. The van der Waals surface area contributed by atoms with Gasteiger partial charge in [0.2, 0.25) is 0 Å². The van der Waals surface area contributed by atoms with Crippen molar-refractivity contribution in [2.24, 2.45) is 0 Å². The molecule has 6 nitrogen and oxygen atoms in total. The maximum absolute atomic E-state index is 12.6. The fraction of sp³-hybridized carbons (Fsp3) is 0.263. The molecule has 0 aromatic heterocycles. The maximum atomic E-state index is 12.6. The van der Waals surface area contributed by atoms with Crippen molar-refractivity contribution in [2.45, 2.75) is 37.0 Å². The van der Waals surface area contributed by atoms with Crippen LogP contribution in [0.25, 0.3) is 0 Å². The molecule has 0 fully saturated rings. The largest absolute Gasteiger partial charge is 0.481 e. The standard InChI is InChI=1S/C19H19NO5S/c21-18(9-10-19(22)23)15-5-2-6-16(11-15)20-26(24,25)17-8-7-13-3-1-4-14(13)12-17/h2,5-8,11-12,20H,1,3-4,9-10H2,(H,22,23). The van der Waals surface area contributed by atoms with Crippen LogP contribution in [0, 0.1) is 0 Å². The van der Waals surface area contributed by atoms with E-state index in [1.165, 1.54) is 17.7 Å². The molecule has 0 bridgehead atoms. The summed E-state index contributed by atoms with van der Waals surface area (Å²) in [6.45, 7) is 0. The predicted octanol–water partition coefficient (Wildman–Crippen LogP) is 3.02. The summed E-state index contributed by atoms with van der Waals surface area (Å²) in [5.41, 5.74) is 2.80. The number of sulfonamides is 1. The number of carbonyl (C=O) groups excluding carboxylic acids is 1. The van der Waals surface area contributed by atoms with Gasteiger partial charge in [-0.2, -0.15) is 0 Å². The topological polar surface area (TPSA) is 101 Å². The molecule has 2 aromatic carbocycles. The number of Topliss-reactive ketones (excluding diaryl/α,β-unsaturated/α-hetero) is 1. The lowest BCUT2D eigenvalue weighted by atomic mass is 10.1. The van der Waals surface area contributed by atoms with Gasteiger partial charge in [0.1, 0.15) is 0 Å². The molecule has 0 aliphatic heterocycles. The van der Waals surface area contributed by atoms with Gasteiger partial charge in [-0.1, -0.05) is 18.2 Å². The first-order valence-corrected chi connectivity index (χ1v) is 9.83. The molecular weight excluding hydrogens is 354 g/mol. The highest BCUT2D eigenvalue weighted by molar-refractivity contribution is 7.92. The third-order valence-electron chi connectivity index (χ3n) is 4.38. The number of benzene rings is 2. The monoisotopic (exact) mass is 373 g/mol. The predicted molar refractivity (Wildman–Crippen MR) is 96.9 cm³/mol. The van der Waals surface area contributed by atoms with E-state index in [-0.39, 0.29) is 34.8 Å². The van der Waals surface area contributed by atoms with Crippen LogP contribution in [0.3, 0.4) is 0 Å². The highest BCUT2D eigenvalue weighted by Crippen LogP contribution is 2.26. The first kappa shape index (κ1) is 18.1. The van der Waals surface area contributed by atoms with E-state index in [4.69, 9.17) is 5.11 Å². The number of anilines is 1. The number of aliphatic carboxylic acids is 1. The number of carboxylic acids is 1. The van der Waals surface area contributed by atoms with Crippen LogP contribution in [0.1, 0.15) is 40.7 Å². The average molecular weight is 373 g/mol. The zero-order valence-electron chi connectivity index (χ0n) is 14.1. The van der Waals surface area contributed by atoms with Crippen LogP contribution in [0.15, 0.2) is 47.4 Å². The van der Waals surface area contributed by atoms with E-state index in [9.17, 15) is 18.0 Å². The Morgan fingerprint density at radius 2 is 1.77 bits per heavy atom. The number of fused-ring (bicyclic) bond motifs is 1. The first-order valence-electron chi connectivity index (χ1n) is 8.35. The van der Waals surface area contributed by atoms with E-state index in [1.807, 2.05) is 6.07 Å². The normalized spacial score (nSPS) is 13.2. The molecule has 136 valence electrons. The minimum Gasteiger partial charge on any atom is -0.481 e. The Morgan fingerprint density at radius 1 is 1.00 bits per heavy atom. The summed E-state index contributed by atoms with van der Waals surface area (Å²) < 4.78 is 27.7. The van der Waals surface area contributed by atoms with E-state index in [0.29, 0.717) is 0 Å². The zero-order valence-corrected chi connectivity index (χ0v) is 14.9. The molecule has 2 aromatic rings. The summed E-state index contributed by atoms with van der Waals surface area (Å²) in [7, 11) is -3.76. The van der Waals surface area contributed by atoms with Crippen molar-refractivity contribution >= 4 is 27.5 Å². The van der Waals surface area contributed by atoms with Gasteiger partial charge in [0.15, 0.2) is 5.78 Å². The Hall–Kier alpha value is -2.67. The zero-order chi connectivity index (χ0) is 18.7. The average Bonchev–Trinajstić information content (AvgIpc) is 3.07. The molecule has 0 saturated carbocycles. The van der Waals surface area contributed by atoms with Crippen molar-refractivity contribution in [2.75, 3.05) is 4.72 Å². The molecule has 0 atom stereocenters. The number of aryl methyl sites for hydroxylation is 2. The summed E-state index contributed by atoms with van der Waals surface area (Å²) >= 11 is 0. The van der Waals surface area contributed by atoms with Crippen molar-refractivity contribution in [3.05, 3.63) is 59.2 Å². The Kier molecular flexibility index (Phi) is 5.08. The van der Waals surface area contributed by atoms with Crippen molar-refractivity contribution in [1.29, 1.82) is 0 Å². The summed E-state index contributed by atoms with van der Waals surface area (Å²) in [5, 5.41) is 8.67. The molecule has 0 heterocycles. The summed E-state index contributed by atoms with van der Waals surface area (Å²) in [5.74, 6) is -1.39. The van der Waals surface area contributed by atoms with Crippen LogP contribution >= 0.6 is 0 Å². The lowest BCUT2D eigenvalue weighted by molar-refractivity contribution is -0.136. The van der Waals surface area contributed by atoms with Crippen LogP contribution in [-0.2, 0) is 27.7 Å². The molecule has 0 radical (unpaired) electrons. The van der Waals surface area contributed by atoms with Crippen molar-refractivity contribution in [1.82, 2.24) is 0 Å². The van der Waals surface area contributed by atoms with Crippen molar-refractivity contribution < 1.29 is 23.1 Å². The summed E-state index contributed by atoms with van der Waals surface area (Å²) in [6.07, 6.45) is 2.50. The van der Waals surface area contributed by atoms with Crippen LogP contribution in [-0.4, -0.2) is 25.3 Å². The lowest BCUT2D eigenvalue weighted by Crippen LogP contribution is -2.14. The second-order valence-electron chi connectivity index (χ2n) is 6.29. The molecule has 3 rings (SSSR count). The van der Waals surface area contributed by atoms with Crippen LogP contribution < -0.4 is 4.72 Å². The highest BCUT2D eigenvalue weighted by atomic mass is 32.2. The minimum absolute atomic E-state index is 0.129. The molecule has 0 unspecified atom stereocenters. The molecule has 1 aliphatic carbocycles. The van der Waals surface area contributed by atoms with Gasteiger partial charge in [-0.05, 0) is 54.7 Å². The third kappa shape index (κ3) is 4.11. The van der Waals surface area contributed by atoms with Gasteiger partial charge >= 0.3 is 5.97 Å². The molecule has 26 heavy (non-hydrogen) atoms. The molecule has 0 spiro atoms. The Labute approximate surface area is 151 Å². The van der Waals surface area contributed by atoms with Gasteiger partial charge < -0.3 is 5.11 Å². The molecule has 0 amide bonds. The first-order chi connectivity index (χ1) is 12.3. The number of nitrogens with one attached hydrogen (secondary N) is 1. The fourth-order valence-corrected chi connectivity index (χ4v) is 4.15. The Bertz CT molecular complexity index is 966. The molecule has 1 aliphatic rings. The van der Waals surface area contributed by atoms with Gasteiger partial charge in [0.25, 0.3) is 10.0 Å². The van der Waals surface area contributed by atoms with E-state index in [0.717, 1.165) is 24.8 Å². The minimum atomic E-state index is -3.76. The van der Waals surface area contributed by atoms with Crippen molar-refractivity contribution in [3.8, 4) is 0 Å². The number of carboxylic acid groups (broad SMARTS) is 1. The fourth-order valence-electron chi connectivity index (χ4n) is 3.05. The maximum Gasteiger partial charge on any atom is 0.303 e. The summed E-state index contributed by atoms with van der Waals surface area (Å²) in [6, 6.07) is 11.2. The smallest absolute Gasteiger partial charge is 0.303 e. The van der Waals surface area contributed by atoms with E-state index < -0.39 is 16.0 Å². The Morgan fingerprint density at radius 3 is 2.54 bits per heavy atom. The number of hydrogen-bond donors (Lipinski definition) is 2. The van der Waals surface area contributed by atoms with Gasteiger partial charge in [-0.15, -0.1) is 0 Å². The second kappa shape index (κ2) is 7.29. The lowest BCUT2D eigenvalue weighted by Gasteiger charge is -2.10. The Balaban J connectivity index is 1.78. The van der Waals surface area contributed by atoms with Crippen molar-refractivity contribution in [3.63, 3.8) is 0 Å². The van der Waals surface area contributed by atoms with Gasteiger partial charge in [-0.3, -0.25) is 14.3 Å². The molecule has 2 N–H and O–H groups in total. The number of rotatable bonds is 7. The van der Waals surface area contributed by atoms with E-state index >= 15 is 0 Å². The summed E-state index contributed by atoms with van der Waals surface area (Å²) in [4.78, 5) is 22.8. The van der Waals surface area contributed by atoms with Gasteiger partial charge in [0, 0.05) is 17.7 Å². The van der Waals surface area contributed by atoms with E-state index in [1.54, 1.807) is 24.3 Å². The van der Waals surface area contributed by atoms with Gasteiger partial charge in [0.05, 0.1) is 11.3 Å². The van der Waals surface area contributed by atoms with E-state index in [2.05, 4.69) is 4.72 Å². The quantitative estimate of drug-likeness (QED) is 0.727. The highest BCUT2D eigenvalue weighted by Gasteiger charge is 2.19. The molecule has 7 heteroatoms. The SMILES string of the molecule is O=C(O)CCC(=O)c1cccc(NS(=O)(=O)c2ccc3c(c2)CCC3)c1. The second-order valence-corrected chi connectivity index (χ2v) is 7.97. The third-order valence-corrected chi connectivity index (χ3v) is 5.76. The molecular formula is C19H19NO5S. The number of ketones is 1. The van der Waals surface area contributed by atoms with Gasteiger partial charge in [-0.25, -0.2) is 8.42 Å².